The van der Waals surface area contributed by atoms with Crippen molar-refractivity contribution in [3.8, 4) is 0 Å². The molecule has 0 amide bonds. The second-order valence-corrected chi connectivity index (χ2v) is 8.34. The predicted octanol–water partition coefficient (Wildman–Crippen LogP) is 5.58. The van der Waals surface area contributed by atoms with E-state index in [1.54, 1.807) is 36.5 Å². The molecule has 1 aliphatic rings. The van der Waals surface area contributed by atoms with E-state index in [9.17, 15) is 9.50 Å². The molecular weight excluding hydrogens is 431 g/mol. The maximum atomic E-state index is 14.3. The number of fused-ring (bicyclic) bond motifs is 1. The Bertz CT molecular complexity index is 1240. The third kappa shape index (κ3) is 4.24. The van der Waals surface area contributed by atoms with Gasteiger partial charge in [0.15, 0.2) is 5.65 Å². The van der Waals surface area contributed by atoms with E-state index >= 15 is 0 Å². The lowest BCUT2D eigenvalue weighted by Gasteiger charge is -2.28. The molecule has 2 aromatic carbocycles. The van der Waals surface area contributed by atoms with Gasteiger partial charge in [-0.1, -0.05) is 23.7 Å². The number of imidazole rings is 1. The molecule has 164 valence electrons. The number of nitrogens with zero attached hydrogens (tertiary/aromatic N) is 4. The topological polar surface area (TPSA) is 87.9 Å². The Balaban J connectivity index is 1.55. The number of hydrogen-bond acceptors (Lipinski definition) is 6. The average molecular weight is 453 g/mol. The van der Waals surface area contributed by atoms with Crippen molar-refractivity contribution in [1.82, 2.24) is 19.5 Å². The summed E-state index contributed by atoms with van der Waals surface area (Å²) in [5, 5.41) is 16.9. The minimum atomic E-state index is -0.360. The van der Waals surface area contributed by atoms with Gasteiger partial charge in [-0.05, 0) is 62.1 Å². The minimum absolute atomic E-state index is 0.0796. The normalized spacial score (nSPS) is 18.6. The number of aromatic nitrogens is 4. The zero-order valence-corrected chi connectivity index (χ0v) is 17.9. The molecule has 0 radical (unpaired) electrons. The number of benzene rings is 2. The van der Waals surface area contributed by atoms with Gasteiger partial charge in [-0.3, -0.25) is 4.57 Å². The third-order valence-corrected chi connectivity index (χ3v) is 5.94. The van der Waals surface area contributed by atoms with Crippen LogP contribution in [0.5, 0.6) is 0 Å². The lowest BCUT2D eigenvalue weighted by molar-refractivity contribution is 0.112. The van der Waals surface area contributed by atoms with E-state index in [2.05, 4.69) is 20.6 Å². The van der Waals surface area contributed by atoms with Gasteiger partial charge < -0.3 is 15.7 Å². The summed E-state index contributed by atoms with van der Waals surface area (Å²) in [6.45, 7) is 0. The highest BCUT2D eigenvalue weighted by molar-refractivity contribution is 6.30. The first kappa shape index (κ1) is 20.7. The molecule has 3 N–H and O–H groups in total. The van der Waals surface area contributed by atoms with Gasteiger partial charge in [0.05, 0.1) is 18.0 Å². The van der Waals surface area contributed by atoms with Gasteiger partial charge in [0.2, 0.25) is 11.9 Å². The zero-order chi connectivity index (χ0) is 22.1. The number of nitrogens with one attached hydrogen (secondary N) is 2. The first-order chi connectivity index (χ1) is 15.6. The van der Waals surface area contributed by atoms with Crippen molar-refractivity contribution in [2.45, 2.75) is 37.8 Å². The van der Waals surface area contributed by atoms with Gasteiger partial charge in [-0.2, -0.15) is 4.98 Å². The van der Waals surface area contributed by atoms with Gasteiger partial charge in [0.25, 0.3) is 0 Å². The molecule has 2 aromatic heterocycles. The Morgan fingerprint density at radius 2 is 1.72 bits per heavy atom. The highest BCUT2D eigenvalue weighted by Crippen LogP contribution is 2.35. The molecule has 0 spiro atoms. The first-order valence-corrected chi connectivity index (χ1v) is 10.9. The van der Waals surface area contributed by atoms with E-state index in [4.69, 9.17) is 16.6 Å². The molecule has 32 heavy (non-hydrogen) atoms. The second-order valence-electron chi connectivity index (χ2n) is 7.91. The van der Waals surface area contributed by atoms with E-state index in [1.165, 1.54) is 6.07 Å². The van der Waals surface area contributed by atoms with Crippen LogP contribution in [0.25, 0.3) is 11.2 Å². The number of anilines is 4. The number of para-hydroxylation sites is 1. The largest absolute Gasteiger partial charge is 0.393 e. The van der Waals surface area contributed by atoms with Crippen molar-refractivity contribution < 1.29 is 9.50 Å². The number of rotatable bonds is 5. The van der Waals surface area contributed by atoms with E-state index in [0.717, 1.165) is 18.5 Å². The second kappa shape index (κ2) is 8.72. The smallest absolute Gasteiger partial charge is 0.229 e. The Labute approximate surface area is 189 Å². The molecule has 0 atom stereocenters. The SMILES string of the molecule is O[C@H]1CC[C@H](n2c(Nc3ccccc3F)nc3cnc(Nc4ccc(Cl)cc4)nc32)CC1. The summed E-state index contributed by atoms with van der Waals surface area (Å²) in [5.74, 6) is 0.569. The summed E-state index contributed by atoms with van der Waals surface area (Å²) in [6, 6.07) is 13.8. The van der Waals surface area contributed by atoms with Crippen LogP contribution in [-0.4, -0.2) is 30.7 Å². The molecule has 7 nitrogen and oxygen atoms in total. The van der Waals surface area contributed by atoms with E-state index in [-0.39, 0.29) is 18.0 Å². The van der Waals surface area contributed by atoms with Crippen LogP contribution in [0.1, 0.15) is 31.7 Å². The predicted molar refractivity (Wildman–Crippen MR) is 123 cm³/mol. The number of hydrogen-bond donors (Lipinski definition) is 3. The summed E-state index contributed by atoms with van der Waals surface area (Å²) < 4.78 is 16.3. The van der Waals surface area contributed by atoms with Crippen LogP contribution in [0.15, 0.2) is 54.7 Å². The fourth-order valence-electron chi connectivity index (χ4n) is 4.05. The van der Waals surface area contributed by atoms with Crippen molar-refractivity contribution in [2.24, 2.45) is 0 Å². The van der Waals surface area contributed by atoms with Crippen LogP contribution < -0.4 is 10.6 Å². The van der Waals surface area contributed by atoms with Crippen LogP contribution >= 0.6 is 11.6 Å². The van der Waals surface area contributed by atoms with Crippen LogP contribution in [0.3, 0.4) is 0 Å². The van der Waals surface area contributed by atoms with Crippen LogP contribution in [0.2, 0.25) is 5.02 Å². The molecule has 0 bridgehead atoms. The monoisotopic (exact) mass is 452 g/mol. The Morgan fingerprint density at radius 1 is 0.969 bits per heavy atom. The number of aliphatic hydroxyl groups is 1. The Kier molecular flexibility index (Phi) is 5.63. The Hall–Kier alpha value is -3.23. The molecule has 2 heterocycles. The maximum absolute atomic E-state index is 14.3. The first-order valence-electron chi connectivity index (χ1n) is 10.5. The summed E-state index contributed by atoms with van der Waals surface area (Å²) in [6.07, 6.45) is 4.32. The van der Waals surface area contributed by atoms with Gasteiger partial charge in [0.1, 0.15) is 11.3 Å². The molecular formula is C23H22ClFN6O. The molecule has 0 saturated heterocycles. The molecule has 0 aliphatic heterocycles. The minimum Gasteiger partial charge on any atom is -0.393 e. The van der Waals surface area contributed by atoms with Crippen molar-refractivity contribution in [3.05, 3.63) is 65.6 Å². The number of aliphatic hydroxyl groups excluding tert-OH is 1. The van der Waals surface area contributed by atoms with Crippen LogP contribution in [-0.2, 0) is 0 Å². The van der Waals surface area contributed by atoms with Gasteiger partial charge in [-0.15, -0.1) is 0 Å². The average Bonchev–Trinajstić information content (AvgIpc) is 3.15. The summed E-state index contributed by atoms with van der Waals surface area (Å²) in [7, 11) is 0. The molecule has 1 saturated carbocycles. The maximum Gasteiger partial charge on any atom is 0.229 e. The molecule has 5 rings (SSSR count). The van der Waals surface area contributed by atoms with E-state index in [0.29, 0.717) is 46.6 Å². The fourth-order valence-corrected chi connectivity index (χ4v) is 4.17. The highest BCUT2D eigenvalue weighted by atomic mass is 35.5. The lowest BCUT2D eigenvalue weighted by Crippen LogP contribution is -2.22. The molecule has 9 heteroatoms. The fraction of sp³-hybridized carbons (Fsp3) is 0.261. The van der Waals surface area contributed by atoms with Crippen LogP contribution in [0.4, 0.5) is 27.7 Å². The lowest BCUT2D eigenvalue weighted by atomic mass is 9.93. The summed E-state index contributed by atoms with van der Waals surface area (Å²) in [4.78, 5) is 13.8. The standard InChI is InChI=1S/C23H22ClFN6O/c24-14-5-7-15(8-6-14)27-22-26-13-20-21(30-22)31(16-9-11-17(32)12-10-16)23(29-20)28-19-4-2-1-3-18(19)25/h1-8,13,16-17,32H,9-12H2,(H,28,29)(H,26,27,30)/t16-,17-. The van der Waals surface area contributed by atoms with Crippen molar-refractivity contribution >= 4 is 46.0 Å². The van der Waals surface area contributed by atoms with Crippen LogP contribution in [0, 0.1) is 5.82 Å². The Morgan fingerprint density at radius 3 is 2.47 bits per heavy atom. The van der Waals surface area contributed by atoms with Gasteiger partial charge in [0, 0.05) is 16.8 Å². The van der Waals surface area contributed by atoms with E-state index in [1.807, 2.05) is 16.7 Å². The molecule has 0 unspecified atom stereocenters. The van der Waals surface area contributed by atoms with E-state index < -0.39 is 0 Å². The molecule has 1 fully saturated rings. The zero-order valence-electron chi connectivity index (χ0n) is 17.2. The van der Waals surface area contributed by atoms with Gasteiger partial charge in [-0.25, -0.2) is 14.4 Å². The quantitative estimate of drug-likeness (QED) is 0.366. The molecule has 4 aromatic rings. The van der Waals surface area contributed by atoms with Crippen molar-refractivity contribution in [3.63, 3.8) is 0 Å². The molecule has 1 aliphatic carbocycles. The summed E-state index contributed by atoms with van der Waals surface area (Å²) >= 11 is 5.97. The van der Waals surface area contributed by atoms with Crippen molar-refractivity contribution in [2.75, 3.05) is 10.6 Å². The highest BCUT2D eigenvalue weighted by Gasteiger charge is 2.26. The third-order valence-electron chi connectivity index (χ3n) is 5.68. The van der Waals surface area contributed by atoms with Gasteiger partial charge >= 0.3 is 0 Å². The number of halogens is 2. The summed E-state index contributed by atoms with van der Waals surface area (Å²) in [5.41, 5.74) is 2.41. The van der Waals surface area contributed by atoms with Crippen molar-refractivity contribution in [1.29, 1.82) is 0 Å².